The van der Waals surface area contributed by atoms with Gasteiger partial charge >= 0.3 is 6.18 Å². The summed E-state index contributed by atoms with van der Waals surface area (Å²) in [6.07, 6.45) is 1.63. The van der Waals surface area contributed by atoms with Crippen molar-refractivity contribution < 1.29 is 13.2 Å². The van der Waals surface area contributed by atoms with Crippen LogP contribution < -0.4 is 5.32 Å². The maximum absolute atomic E-state index is 14.1. The number of likely N-dealkylation sites (tertiary alicyclic amines) is 1. The fourth-order valence-corrected chi connectivity index (χ4v) is 7.09. The third kappa shape index (κ3) is 6.53. The molecule has 2 aromatic heterocycles. The monoisotopic (exact) mass is 569 g/mol. The summed E-state index contributed by atoms with van der Waals surface area (Å²) in [6.45, 7) is 4.57. The zero-order valence-corrected chi connectivity index (χ0v) is 25.2. The SMILES string of the molecule is C[C@@H]1CN(Cc2cnc(CNc3cccc(C(c4nc(C#N)cs4)C4CCC4)c3)c(C(F)(F)F)c2)CCC1[SiH3]. The summed E-state index contributed by atoms with van der Waals surface area (Å²) in [4.78, 5) is 11.1. The van der Waals surface area contributed by atoms with E-state index in [1.54, 1.807) is 11.6 Å². The molecule has 0 spiro atoms. The second-order valence-corrected chi connectivity index (χ2v) is 13.5. The Bertz CT molecular complexity index is 1330. The van der Waals surface area contributed by atoms with E-state index in [0.29, 0.717) is 29.6 Å². The lowest BCUT2D eigenvalue weighted by Crippen LogP contribution is -2.36. The molecule has 0 radical (unpaired) electrons. The van der Waals surface area contributed by atoms with E-state index in [9.17, 15) is 18.4 Å². The van der Waals surface area contributed by atoms with Crippen LogP contribution in [0.15, 0.2) is 41.9 Å². The number of nitriles is 1. The van der Waals surface area contributed by atoms with Crippen molar-refractivity contribution in [2.75, 3.05) is 18.4 Å². The first-order valence-electron chi connectivity index (χ1n) is 13.7. The van der Waals surface area contributed by atoms with Crippen LogP contribution in [0.4, 0.5) is 18.9 Å². The molecular formula is C29H34F3N5SSi. The van der Waals surface area contributed by atoms with Crippen LogP contribution in [-0.2, 0) is 19.3 Å². The van der Waals surface area contributed by atoms with Crippen LogP contribution in [0.3, 0.4) is 0 Å². The summed E-state index contributed by atoms with van der Waals surface area (Å²) in [7, 11) is 1.16. The number of aromatic nitrogens is 2. The molecule has 3 aromatic rings. The van der Waals surface area contributed by atoms with Crippen molar-refractivity contribution in [1.29, 1.82) is 5.26 Å². The van der Waals surface area contributed by atoms with Crippen molar-refractivity contribution in [1.82, 2.24) is 14.9 Å². The van der Waals surface area contributed by atoms with Crippen LogP contribution in [-0.4, -0.2) is 38.2 Å². The summed E-state index contributed by atoms with van der Waals surface area (Å²) in [6, 6.07) is 11.2. The number of nitrogens with zero attached hydrogens (tertiary/aromatic N) is 4. The normalized spacial score (nSPS) is 21.3. The van der Waals surface area contributed by atoms with Crippen LogP contribution in [0.2, 0.25) is 5.54 Å². The molecule has 5 nitrogen and oxygen atoms in total. The van der Waals surface area contributed by atoms with Crippen molar-refractivity contribution >= 4 is 27.3 Å². The fraction of sp³-hybridized carbons (Fsp3) is 0.483. The van der Waals surface area contributed by atoms with E-state index < -0.39 is 11.7 Å². The standard InChI is InChI=1S/C29H34F3N5SSi/c1-18-15-37(9-8-26(18)39)16-19-10-24(29(30,31)32)25(35-13-19)14-34-22-7-3-6-21(11-22)27(20-4-2-5-20)28-36-23(12-33)17-38-28/h3,6-7,10-11,13,17-18,20,26-27,34H,2,4-5,8-9,14-16H2,1,39H3/t18-,26?,27?/m1/s1. The van der Waals surface area contributed by atoms with Gasteiger partial charge in [-0.1, -0.05) is 25.5 Å². The van der Waals surface area contributed by atoms with Crippen molar-refractivity contribution in [3.63, 3.8) is 0 Å². The molecule has 1 aliphatic carbocycles. The van der Waals surface area contributed by atoms with E-state index in [-0.39, 0.29) is 18.2 Å². The molecule has 10 heteroatoms. The Morgan fingerprint density at radius 1 is 1.26 bits per heavy atom. The van der Waals surface area contributed by atoms with Gasteiger partial charge in [-0.05, 0) is 72.5 Å². The molecule has 206 valence electrons. The lowest BCUT2D eigenvalue weighted by atomic mass is 9.73. The maximum Gasteiger partial charge on any atom is 0.418 e. The van der Waals surface area contributed by atoms with Crippen molar-refractivity contribution in [2.24, 2.45) is 11.8 Å². The van der Waals surface area contributed by atoms with Gasteiger partial charge in [0.15, 0.2) is 5.69 Å². The Morgan fingerprint density at radius 2 is 2.08 bits per heavy atom. The van der Waals surface area contributed by atoms with Gasteiger partial charge in [0, 0.05) is 46.5 Å². The number of thiazole rings is 1. The molecule has 3 atom stereocenters. The highest BCUT2D eigenvalue weighted by atomic mass is 32.1. The first-order chi connectivity index (χ1) is 18.7. The first kappa shape index (κ1) is 27.8. The molecule has 2 unspecified atom stereocenters. The fourth-order valence-electron chi connectivity index (χ4n) is 5.66. The number of benzene rings is 1. The molecule has 3 heterocycles. The zero-order chi connectivity index (χ0) is 27.6. The highest BCUT2D eigenvalue weighted by Gasteiger charge is 2.35. The third-order valence-electron chi connectivity index (χ3n) is 8.39. The lowest BCUT2D eigenvalue weighted by molar-refractivity contribution is -0.138. The quantitative estimate of drug-likeness (QED) is 0.339. The Balaban J connectivity index is 1.32. The number of alkyl halides is 3. The minimum atomic E-state index is -4.48. The Morgan fingerprint density at radius 3 is 2.74 bits per heavy atom. The van der Waals surface area contributed by atoms with Crippen LogP contribution in [0, 0.1) is 23.2 Å². The number of rotatable bonds is 8. The van der Waals surface area contributed by atoms with E-state index in [0.717, 1.165) is 64.4 Å². The molecular weight excluding hydrogens is 536 g/mol. The van der Waals surface area contributed by atoms with Gasteiger partial charge in [0.25, 0.3) is 0 Å². The van der Waals surface area contributed by atoms with Gasteiger partial charge in [-0.25, -0.2) is 4.98 Å². The van der Waals surface area contributed by atoms with Gasteiger partial charge in [0.05, 0.1) is 17.8 Å². The zero-order valence-electron chi connectivity index (χ0n) is 22.3. The van der Waals surface area contributed by atoms with Gasteiger partial charge in [-0.3, -0.25) is 9.88 Å². The maximum atomic E-state index is 14.1. The smallest absolute Gasteiger partial charge is 0.379 e. The number of hydrogen-bond acceptors (Lipinski definition) is 6. The minimum Gasteiger partial charge on any atom is -0.379 e. The van der Waals surface area contributed by atoms with Crippen molar-refractivity contribution in [2.45, 2.75) is 63.3 Å². The van der Waals surface area contributed by atoms with E-state index in [2.05, 4.69) is 33.2 Å². The number of nitrogens with one attached hydrogen (secondary N) is 1. The van der Waals surface area contributed by atoms with Crippen LogP contribution in [0.1, 0.15) is 71.6 Å². The molecule has 5 rings (SSSR count). The predicted molar refractivity (Wildman–Crippen MR) is 152 cm³/mol. The van der Waals surface area contributed by atoms with Gasteiger partial charge in [-0.2, -0.15) is 18.4 Å². The molecule has 2 fully saturated rings. The molecule has 2 aliphatic rings. The van der Waals surface area contributed by atoms with Crippen molar-refractivity contribution in [3.05, 3.63) is 75.0 Å². The highest BCUT2D eigenvalue weighted by Crippen LogP contribution is 2.44. The molecule has 1 aliphatic heterocycles. The average Bonchev–Trinajstić information content (AvgIpc) is 3.36. The number of anilines is 1. The minimum absolute atomic E-state index is 0.00239. The number of pyridine rings is 1. The molecule has 1 N–H and O–H groups in total. The van der Waals surface area contributed by atoms with E-state index >= 15 is 0 Å². The van der Waals surface area contributed by atoms with Gasteiger partial charge < -0.3 is 5.32 Å². The number of piperidine rings is 1. The van der Waals surface area contributed by atoms with Crippen LogP contribution in [0.5, 0.6) is 0 Å². The van der Waals surface area contributed by atoms with Crippen molar-refractivity contribution in [3.8, 4) is 6.07 Å². The largest absolute Gasteiger partial charge is 0.418 e. The van der Waals surface area contributed by atoms with E-state index in [1.807, 2.05) is 24.3 Å². The summed E-state index contributed by atoms with van der Waals surface area (Å²) in [5.41, 5.74) is 2.94. The topological polar surface area (TPSA) is 64.8 Å². The highest BCUT2D eigenvalue weighted by molar-refractivity contribution is 7.09. The molecule has 1 aromatic carbocycles. The van der Waals surface area contributed by atoms with Gasteiger partial charge in [0.2, 0.25) is 0 Å². The Labute approximate surface area is 234 Å². The number of hydrogen-bond donors (Lipinski definition) is 1. The summed E-state index contributed by atoms with van der Waals surface area (Å²) in [5, 5.41) is 15.1. The molecule has 1 saturated carbocycles. The second kappa shape index (κ2) is 11.8. The summed E-state index contributed by atoms with van der Waals surface area (Å²) >= 11 is 1.50. The van der Waals surface area contributed by atoms with E-state index in [1.165, 1.54) is 23.8 Å². The summed E-state index contributed by atoms with van der Waals surface area (Å²) in [5.74, 6) is 1.13. The average molecular weight is 570 g/mol. The van der Waals surface area contributed by atoms with Crippen LogP contribution in [0.25, 0.3) is 0 Å². The van der Waals surface area contributed by atoms with Crippen LogP contribution >= 0.6 is 11.3 Å². The molecule has 0 bridgehead atoms. The molecule has 1 saturated heterocycles. The summed E-state index contributed by atoms with van der Waals surface area (Å²) < 4.78 is 42.2. The second-order valence-electron chi connectivity index (χ2n) is 11.1. The predicted octanol–water partition coefficient (Wildman–Crippen LogP) is 5.97. The Kier molecular flexibility index (Phi) is 8.40. The first-order valence-corrected chi connectivity index (χ1v) is 15.7. The van der Waals surface area contributed by atoms with Gasteiger partial charge in [-0.15, -0.1) is 11.3 Å². The molecule has 0 amide bonds. The Hall–Kier alpha value is -2.74. The lowest BCUT2D eigenvalue weighted by Gasteiger charge is -2.35. The molecule has 39 heavy (non-hydrogen) atoms. The third-order valence-corrected chi connectivity index (χ3v) is 11.0. The van der Waals surface area contributed by atoms with Gasteiger partial charge in [0.1, 0.15) is 11.1 Å². The van der Waals surface area contributed by atoms with E-state index in [4.69, 9.17) is 0 Å². The number of halogens is 3.